The molecule has 0 aliphatic heterocycles. The second kappa shape index (κ2) is 12.3. The van der Waals surface area contributed by atoms with Gasteiger partial charge < -0.3 is 4.90 Å². The second-order valence-electron chi connectivity index (χ2n) is 7.63. The zero-order valence-corrected chi connectivity index (χ0v) is 23.3. The van der Waals surface area contributed by atoms with Crippen LogP contribution in [0.25, 0.3) is 10.2 Å². The number of aromatic nitrogens is 1. The Kier molecular flexibility index (Phi) is 10.3. The van der Waals surface area contributed by atoms with E-state index < -0.39 is 10.0 Å². The number of thiazole rings is 1. The van der Waals surface area contributed by atoms with E-state index in [0.29, 0.717) is 17.2 Å². The molecule has 2 aromatic carbocycles. The van der Waals surface area contributed by atoms with E-state index in [9.17, 15) is 13.2 Å². The molecule has 0 unspecified atom stereocenters. The minimum Gasteiger partial charge on any atom is -0.302 e. The molecule has 0 spiro atoms. The first kappa shape index (κ1) is 28.5. The number of sulfonamides is 1. The molecule has 7 nitrogen and oxygen atoms in total. The van der Waals surface area contributed by atoms with Crippen LogP contribution in [0.3, 0.4) is 0 Å². The third kappa shape index (κ3) is 6.30. The van der Waals surface area contributed by atoms with Crippen molar-refractivity contribution in [1.29, 1.82) is 0 Å². The van der Waals surface area contributed by atoms with Gasteiger partial charge in [0.25, 0.3) is 5.91 Å². The fraction of sp³-hybridized carbons (Fsp3) is 0.391. The summed E-state index contributed by atoms with van der Waals surface area (Å²) in [7, 11) is -0.584. The van der Waals surface area contributed by atoms with Gasteiger partial charge in [0.1, 0.15) is 0 Å². The van der Waals surface area contributed by atoms with Crippen molar-refractivity contribution in [2.45, 2.75) is 23.6 Å². The van der Waals surface area contributed by atoms with Crippen molar-refractivity contribution >= 4 is 66.8 Å². The Bertz CT molecular complexity index is 1210. The summed E-state index contributed by atoms with van der Waals surface area (Å²) >= 11 is 3.16. The molecule has 0 fully saturated rings. The number of likely N-dealkylation sites (N-methyl/N-ethyl adjacent to an activating group) is 1. The van der Waals surface area contributed by atoms with Gasteiger partial charge in [0.2, 0.25) is 10.0 Å². The largest absolute Gasteiger partial charge is 0.302 e. The van der Waals surface area contributed by atoms with Gasteiger partial charge in [-0.05, 0) is 61.8 Å². The van der Waals surface area contributed by atoms with E-state index >= 15 is 0 Å². The van der Waals surface area contributed by atoms with Crippen molar-refractivity contribution in [2.75, 3.05) is 51.4 Å². The number of benzene rings is 2. The van der Waals surface area contributed by atoms with Crippen molar-refractivity contribution in [2.24, 2.45) is 0 Å². The molecule has 0 aliphatic carbocycles. The fourth-order valence-electron chi connectivity index (χ4n) is 3.34. The lowest BCUT2D eigenvalue weighted by molar-refractivity contribution is 0.0983. The molecule has 0 atom stereocenters. The van der Waals surface area contributed by atoms with E-state index in [0.717, 1.165) is 39.1 Å². The first-order chi connectivity index (χ1) is 15.7. The van der Waals surface area contributed by atoms with E-state index in [1.807, 2.05) is 18.4 Å². The number of halogens is 1. The van der Waals surface area contributed by atoms with Crippen LogP contribution in [-0.2, 0) is 10.0 Å². The maximum Gasteiger partial charge on any atom is 0.260 e. The van der Waals surface area contributed by atoms with Gasteiger partial charge >= 0.3 is 0 Å². The molecule has 0 saturated heterocycles. The Morgan fingerprint density at radius 2 is 1.68 bits per heavy atom. The number of thioether (sulfide) groups is 1. The van der Waals surface area contributed by atoms with Crippen molar-refractivity contribution in [3.63, 3.8) is 0 Å². The summed E-state index contributed by atoms with van der Waals surface area (Å²) in [6.45, 7) is 7.20. The van der Waals surface area contributed by atoms with Gasteiger partial charge in [-0.1, -0.05) is 25.2 Å². The summed E-state index contributed by atoms with van der Waals surface area (Å²) in [6, 6.07) is 12.2. The zero-order valence-electron chi connectivity index (χ0n) is 20.0. The van der Waals surface area contributed by atoms with Crippen molar-refractivity contribution in [3.8, 4) is 0 Å². The van der Waals surface area contributed by atoms with Gasteiger partial charge in [0.05, 0.1) is 15.1 Å². The summed E-state index contributed by atoms with van der Waals surface area (Å²) in [5.41, 5.74) is 1.29. The van der Waals surface area contributed by atoms with Crippen LogP contribution in [0, 0.1) is 0 Å². The molecule has 0 aliphatic rings. The van der Waals surface area contributed by atoms with Crippen molar-refractivity contribution < 1.29 is 13.2 Å². The summed E-state index contributed by atoms with van der Waals surface area (Å²) in [5.74, 6) is -0.194. The summed E-state index contributed by atoms with van der Waals surface area (Å²) in [5, 5.41) is 0.644. The Morgan fingerprint density at radius 3 is 2.24 bits per heavy atom. The Labute approximate surface area is 216 Å². The van der Waals surface area contributed by atoms with Crippen LogP contribution in [0.2, 0.25) is 0 Å². The Hall–Kier alpha value is -1.69. The number of nitrogens with zero attached hydrogens (tertiary/aromatic N) is 4. The van der Waals surface area contributed by atoms with Gasteiger partial charge in [-0.15, -0.1) is 24.2 Å². The molecule has 0 N–H and O–H groups in total. The zero-order chi connectivity index (χ0) is 24.2. The van der Waals surface area contributed by atoms with E-state index in [2.05, 4.69) is 24.8 Å². The molecule has 11 heteroatoms. The van der Waals surface area contributed by atoms with Gasteiger partial charge in [0, 0.05) is 37.6 Å². The number of carbonyl (C=O) groups excluding carboxylic acids is 1. The number of hydrogen-bond donors (Lipinski definition) is 0. The molecule has 186 valence electrons. The van der Waals surface area contributed by atoms with Crippen LogP contribution in [0.4, 0.5) is 5.13 Å². The topological polar surface area (TPSA) is 73.8 Å². The lowest BCUT2D eigenvalue weighted by atomic mass is 10.2. The first-order valence-corrected chi connectivity index (χ1v) is 14.2. The monoisotopic (exact) mass is 542 g/mol. The maximum atomic E-state index is 13.5. The SMILES string of the molecule is CCN(CC)CCN(C(=O)c1ccc(S(=O)(=O)N(C)C)cc1)c1nc2ccc(SC)cc2s1.Cl. The average Bonchev–Trinajstić information content (AvgIpc) is 3.24. The third-order valence-electron chi connectivity index (χ3n) is 5.47. The number of anilines is 1. The third-order valence-corrected chi connectivity index (χ3v) is 9.07. The normalized spacial score (nSPS) is 11.7. The van der Waals surface area contributed by atoms with Crippen LogP contribution < -0.4 is 4.90 Å². The molecule has 1 amide bonds. The molecule has 1 aromatic heterocycles. The van der Waals surface area contributed by atoms with Gasteiger partial charge in [0.15, 0.2) is 5.13 Å². The number of fused-ring (bicyclic) bond motifs is 1. The molecule has 0 radical (unpaired) electrons. The first-order valence-electron chi connectivity index (χ1n) is 10.7. The molecule has 34 heavy (non-hydrogen) atoms. The number of carbonyl (C=O) groups is 1. The van der Waals surface area contributed by atoms with Crippen molar-refractivity contribution in [1.82, 2.24) is 14.2 Å². The summed E-state index contributed by atoms with van der Waals surface area (Å²) < 4.78 is 26.9. The molecular weight excluding hydrogens is 512 g/mol. The van der Waals surface area contributed by atoms with E-state index in [4.69, 9.17) is 4.98 Å². The highest BCUT2D eigenvalue weighted by atomic mass is 35.5. The van der Waals surface area contributed by atoms with E-state index in [-0.39, 0.29) is 23.2 Å². The standard InChI is InChI=1S/C23H30N4O3S3.ClH/c1-6-26(7-2)14-15-27(23-24-20-13-10-18(31-5)16-21(20)32-23)22(28)17-8-11-19(12-9-17)33(29,30)25(3)4;/h8-13,16H,6-7,14-15H2,1-5H3;1H. The predicted molar refractivity (Wildman–Crippen MR) is 145 cm³/mol. The highest BCUT2D eigenvalue weighted by molar-refractivity contribution is 7.98. The summed E-state index contributed by atoms with van der Waals surface area (Å²) in [6.07, 6.45) is 2.03. The number of rotatable bonds is 10. The van der Waals surface area contributed by atoms with Gasteiger partial charge in [-0.3, -0.25) is 9.69 Å². The lowest BCUT2D eigenvalue weighted by Crippen LogP contribution is -2.38. The molecule has 0 saturated carbocycles. The van der Waals surface area contributed by atoms with Crippen LogP contribution in [0.15, 0.2) is 52.3 Å². The molecule has 3 rings (SSSR count). The average molecular weight is 543 g/mol. The minimum atomic E-state index is -3.55. The highest BCUT2D eigenvalue weighted by Crippen LogP contribution is 2.32. The van der Waals surface area contributed by atoms with Crippen LogP contribution >= 0.6 is 35.5 Å². The molecule has 3 aromatic rings. The molecule has 1 heterocycles. The van der Waals surface area contributed by atoms with Crippen LogP contribution in [-0.4, -0.2) is 75.0 Å². The Balaban J connectivity index is 0.00000408. The maximum absolute atomic E-state index is 13.5. The van der Waals surface area contributed by atoms with Crippen LogP contribution in [0.5, 0.6) is 0 Å². The van der Waals surface area contributed by atoms with E-state index in [1.165, 1.54) is 37.6 Å². The number of hydrogen-bond acceptors (Lipinski definition) is 7. The van der Waals surface area contributed by atoms with Crippen LogP contribution in [0.1, 0.15) is 24.2 Å². The molecular formula is C23H31ClN4O3S3. The highest BCUT2D eigenvalue weighted by Gasteiger charge is 2.23. The lowest BCUT2D eigenvalue weighted by Gasteiger charge is -2.24. The number of amides is 1. The van der Waals surface area contributed by atoms with Gasteiger partial charge in [-0.25, -0.2) is 17.7 Å². The quantitative estimate of drug-likeness (QED) is 0.346. The molecule has 0 bridgehead atoms. The van der Waals surface area contributed by atoms with Crippen molar-refractivity contribution in [3.05, 3.63) is 48.0 Å². The predicted octanol–water partition coefficient (Wildman–Crippen LogP) is 4.68. The fourth-order valence-corrected chi connectivity index (χ4v) is 5.78. The minimum absolute atomic E-state index is 0. The Morgan fingerprint density at radius 1 is 1.03 bits per heavy atom. The van der Waals surface area contributed by atoms with Gasteiger partial charge in [-0.2, -0.15) is 0 Å². The second-order valence-corrected chi connectivity index (χ2v) is 11.7. The van der Waals surface area contributed by atoms with E-state index in [1.54, 1.807) is 28.8 Å². The summed E-state index contributed by atoms with van der Waals surface area (Å²) in [4.78, 5) is 23.5. The smallest absolute Gasteiger partial charge is 0.260 e.